The Morgan fingerprint density at radius 2 is 1.65 bits per heavy atom. The van der Waals surface area contributed by atoms with Crippen LogP contribution in [0.4, 0.5) is 0 Å². The third kappa shape index (κ3) is 4.36. The van der Waals surface area contributed by atoms with Gasteiger partial charge in [-0.1, -0.05) is 53.7 Å². The van der Waals surface area contributed by atoms with Crippen molar-refractivity contribution in [1.29, 1.82) is 0 Å². The fraction of sp³-hybridized carbons (Fsp3) is 0.600. The summed E-state index contributed by atoms with van der Waals surface area (Å²) in [6.07, 6.45) is 0. The predicted molar refractivity (Wildman–Crippen MR) is 76.7 cm³/mol. The molecule has 0 saturated carbocycles. The molecule has 1 aromatic carbocycles. The molecule has 0 atom stereocenters. The molecule has 0 aliphatic rings. The molecule has 1 N–H and O–H groups in total. The van der Waals surface area contributed by atoms with Gasteiger partial charge in [0.15, 0.2) is 0 Å². The smallest absolute Gasteiger partial charge is 0.0692 e. The van der Waals surface area contributed by atoms with Crippen molar-refractivity contribution in [1.82, 2.24) is 0 Å². The van der Waals surface area contributed by atoms with Crippen LogP contribution in [0.15, 0.2) is 23.1 Å². The SMILES string of the molecule is CC(C)(C)Sc1ccc(C(C)(C)C)cc1CO. The first kappa shape index (κ1) is 14.6. The standard InChI is InChI=1S/C15H24OS/c1-14(2,3)12-7-8-13(11(9-12)10-16)17-15(4,5)6/h7-9,16H,10H2,1-6H3. The summed E-state index contributed by atoms with van der Waals surface area (Å²) in [6.45, 7) is 13.3. The fourth-order valence-corrected chi connectivity index (χ4v) is 2.65. The first-order chi connectivity index (χ1) is 7.63. The number of aliphatic hydroxyl groups is 1. The van der Waals surface area contributed by atoms with Gasteiger partial charge >= 0.3 is 0 Å². The van der Waals surface area contributed by atoms with Crippen molar-refractivity contribution in [3.8, 4) is 0 Å². The third-order valence-corrected chi connectivity index (χ3v) is 3.74. The minimum atomic E-state index is 0.113. The highest BCUT2D eigenvalue weighted by Crippen LogP contribution is 2.36. The number of thioether (sulfide) groups is 1. The van der Waals surface area contributed by atoms with E-state index in [1.807, 2.05) is 11.8 Å². The maximum Gasteiger partial charge on any atom is 0.0692 e. The molecule has 2 heteroatoms. The van der Waals surface area contributed by atoms with Crippen molar-refractivity contribution in [2.75, 3.05) is 0 Å². The molecular weight excluding hydrogens is 228 g/mol. The first-order valence-electron chi connectivity index (χ1n) is 6.07. The van der Waals surface area contributed by atoms with E-state index >= 15 is 0 Å². The summed E-state index contributed by atoms with van der Waals surface area (Å²) in [5.74, 6) is 0. The van der Waals surface area contributed by atoms with Crippen molar-refractivity contribution in [3.05, 3.63) is 29.3 Å². The van der Waals surface area contributed by atoms with Crippen molar-refractivity contribution in [2.24, 2.45) is 0 Å². The average Bonchev–Trinajstić information content (AvgIpc) is 2.14. The molecule has 0 bridgehead atoms. The van der Waals surface area contributed by atoms with Gasteiger partial charge in [0, 0.05) is 9.64 Å². The molecule has 0 saturated heterocycles. The second-order valence-electron chi connectivity index (χ2n) is 6.45. The Morgan fingerprint density at radius 3 is 2.06 bits per heavy atom. The number of benzene rings is 1. The van der Waals surface area contributed by atoms with Crippen LogP contribution in [-0.4, -0.2) is 9.85 Å². The minimum Gasteiger partial charge on any atom is -0.392 e. The maximum absolute atomic E-state index is 9.49. The summed E-state index contributed by atoms with van der Waals surface area (Å²) in [6, 6.07) is 6.45. The van der Waals surface area contributed by atoms with Crippen molar-refractivity contribution in [3.63, 3.8) is 0 Å². The van der Waals surface area contributed by atoms with Gasteiger partial charge in [0.05, 0.1) is 6.61 Å². The maximum atomic E-state index is 9.49. The summed E-state index contributed by atoms with van der Waals surface area (Å²) in [4.78, 5) is 1.19. The molecule has 0 heterocycles. The summed E-state index contributed by atoms with van der Waals surface area (Å²) in [7, 11) is 0. The third-order valence-electron chi connectivity index (χ3n) is 2.51. The van der Waals surface area contributed by atoms with Crippen molar-refractivity contribution >= 4 is 11.8 Å². The molecule has 0 aromatic heterocycles. The quantitative estimate of drug-likeness (QED) is 0.789. The zero-order valence-electron chi connectivity index (χ0n) is 11.8. The predicted octanol–water partition coefficient (Wildman–Crippen LogP) is 4.37. The summed E-state index contributed by atoms with van der Waals surface area (Å²) in [5.41, 5.74) is 2.45. The lowest BCUT2D eigenvalue weighted by molar-refractivity contribution is 0.278. The highest BCUT2D eigenvalue weighted by Gasteiger charge is 2.18. The molecule has 17 heavy (non-hydrogen) atoms. The van der Waals surface area contributed by atoms with E-state index < -0.39 is 0 Å². The lowest BCUT2D eigenvalue weighted by atomic mass is 9.86. The van der Waals surface area contributed by atoms with Crippen LogP contribution in [0.1, 0.15) is 52.7 Å². The van der Waals surface area contributed by atoms with E-state index in [1.54, 1.807) is 0 Å². The molecule has 0 aliphatic heterocycles. The van der Waals surface area contributed by atoms with E-state index in [2.05, 4.69) is 59.7 Å². The second kappa shape index (κ2) is 5.03. The zero-order chi connectivity index (χ0) is 13.3. The second-order valence-corrected chi connectivity index (χ2v) is 8.31. The van der Waals surface area contributed by atoms with Gasteiger partial charge in [0.1, 0.15) is 0 Å². The number of rotatable bonds is 2. The van der Waals surface area contributed by atoms with Crippen LogP contribution >= 0.6 is 11.8 Å². The van der Waals surface area contributed by atoms with Gasteiger partial charge in [-0.3, -0.25) is 0 Å². The van der Waals surface area contributed by atoms with Gasteiger partial charge in [-0.2, -0.15) is 0 Å². The summed E-state index contributed by atoms with van der Waals surface area (Å²) in [5, 5.41) is 9.49. The molecule has 0 unspecified atom stereocenters. The minimum absolute atomic E-state index is 0.113. The van der Waals surface area contributed by atoms with Crippen LogP contribution in [-0.2, 0) is 12.0 Å². The fourth-order valence-electron chi connectivity index (χ4n) is 1.60. The molecule has 0 amide bonds. The van der Waals surface area contributed by atoms with Gasteiger partial charge in [-0.25, -0.2) is 0 Å². The van der Waals surface area contributed by atoms with E-state index in [-0.39, 0.29) is 16.8 Å². The largest absolute Gasteiger partial charge is 0.392 e. The van der Waals surface area contributed by atoms with Crippen LogP contribution in [0, 0.1) is 0 Å². The number of hydrogen-bond donors (Lipinski definition) is 1. The Bertz CT molecular complexity index is 383. The zero-order valence-corrected chi connectivity index (χ0v) is 12.6. The van der Waals surface area contributed by atoms with Crippen molar-refractivity contribution in [2.45, 2.75) is 63.2 Å². The molecule has 1 nitrogen and oxygen atoms in total. The Labute approximate surface area is 110 Å². The Morgan fingerprint density at radius 1 is 1.06 bits per heavy atom. The normalized spacial score (nSPS) is 12.9. The lowest BCUT2D eigenvalue weighted by Gasteiger charge is -2.23. The summed E-state index contributed by atoms with van der Waals surface area (Å²) >= 11 is 1.81. The van der Waals surface area contributed by atoms with Crippen LogP contribution < -0.4 is 0 Å². The summed E-state index contributed by atoms with van der Waals surface area (Å²) < 4.78 is 0.174. The molecule has 0 radical (unpaired) electrons. The van der Waals surface area contributed by atoms with Gasteiger partial charge in [0.2, 0.25) is 0 Å². The van der Waals surface area contributed by atoms with Gasteiger partial charge in [-0.05, 0) is 22.6 Å². The molecule has 0 fully saturated rings. The van der Waals surface area contributed by atoms with E-state index in [1.165, 1.54) is 10.5 Å². The molecule has 96 valence electrons. The monoisotopic (exact) mass is 252 g/mol. The van der Waals surface area contributed by atoms with Gasteiger partial charge in [-0.15, -0.1) is 11.8 Å². The average molecular weight is 252 g/mol. The van der Waals surface area contributed by atoms with Crippen LogP contribution in [0.25, 0.3) is 0 Å². The van der Waals surface area contributed by atoms with Crippen molar-refractivity contribution < 1.29 is 5.11 Å². The Kier molecular flexibility index (Phi) is 4.32. The number of aliphatic hydroxyl groups excluding tert-OH is 1. The lowest BCUT2D eigenvalue weighted by Crippen LogP contribution is -2.12. The van der Waals surface area contributed by atoms with E-state index in [4.69, 9.17) is 0 Å². The highest BCUT2D eigenvalue weighted by atomic mass is 32.2. The molecule has 1 aromatic rings. The van der Waals surface area contributed by atoms with E-state index in [9.17, 15) is 5.11 Å². The number of hydrogen-bond acceptors (Lipinski definition) is 2. The molecule has 0 aliphatic carbocycles. The van der Waals surface area contributed by atoms with E-state index in [0.717, 1.165) is 5.56 Å². The van der Waals surface area contributed by atoms with Gasteiger partial charge in [0.25, 0.3) is 0 Å². The Balaban J connectivity index is 3.10. The highest BCUT2D eigenvalue weighted by molar-refractivity contribution is 8.00. The first-order valence-corrected chi connectivity index (χ1v) is 6.88. The van der Waals surface area contributed by atoms with Crippen LogP contribution in [0.2, 0.25) is 0 Å². The topological polar surface area (TPSA) is 20.2 Å². The Hall–Kier alpha value is -0.470. The molecule has 1 rings (SSSR count). The van der Waals surface area contributed by atoms with Crippen LogP contribution in [0.3, 0.4) is 0 Å². The molecular formula is C15H24OS. The van der Waals surface area contributed by atoms with E-state index in [0.29, 0.717) is 0 Å². The van der Waals surface area contributed by atoms with Crippen LogP contribution in [0.5, 0.6) is 0 Å². The van der Waals surface area contributed by atoms with Gasteiger partial charge < -0.3 is 5.11 Å². The molecule has 0 spiro atoms.